The van der Waals surface area contributed by atoms with E-state index in [1.54, 1.807) is 28.0 Å². The predicted octanol–water partition coefficient (Wildman–Crippen LogP) is 1.21. The van der Waals surface area contributed by atoms with Gasteiger partial charge in [0.15, 0.2) is 0 Å². The number of anilines is 1. The smallest absolute Gasteiger partial charge is 0.321 e. The molecule has 2 fully saturated rings. The highest BCUT2D eigenvalue weighted by Crippen LogP contribution is 2.27. The number of nitrogens with two attached hydrogens (primary N) is 1. The lowest BCUT2D eigenvalue weighted by Gasteiger charge is -2.31. The maximum Gasteiger partial charge on any atom is 0.321 e. The number of likely N-dealkylation sites (tertiary alicyclic amines) is 1. The van der Waals surface area contributed by atoms with Crippen molar-refractivity contribution in [3.8, 4) is 0 Å². The summed E-state index contributed by atoms with van der Waals surface area (Å²) in [4.78, 5) is 39.0. The van der Waals surface area contributed by atoms with Gasteiger partial charge < -0.3 is 16.0 Å². The van der Waals surface area contributed by atoms with Crippen LogP contribution in [-0.4, -0.2) is 48.9 Å². The van der Waals surface area contributed by atoms with Crippen molar-refractivity contribution >= 4 is 35.1 Å². The molecular formula is C16H19ClN4O3. The van der Waals surface area contributed by atoms with E-state index < -0.39 is 0 Å². The van der Waals surface area contributed by atoms with E-state index >= 15 is 0 Å². The second-order valence-corrected chi connectivity index (χ2v) is 6.42. The highest BCUT2D eigenvalue weighted by Gasteiger charge is 2.28. The van der Waals surface area contributed by atoms with Gasteiger partial charge in [-0.2, -0.15) is 0 Å². The fourth-order valence-electron chi connectivity index (χ4n) is 3.10. The van der Waals surface area contributed by atoms with E-state index in [1.807, 2.05) is 0 Å². The highest BCUT2D eigenvalue weighted by atomic mass is 35.5. The average Bonchev–Trinajstić information content (AvgIpc) is 3.01. The summed E-state index contributed by atoms with van der Waals surface area (Å²) in [7, 11) is 0. The summed E-state index contributed by atoms with van der Waals surface area (Å²) < 4.78 is 0. The van der Waals surface area contributed by atoms with E-state index in [0.717, 1.165) is 0 Å². The Morgan fingerprint density at radius 2 is 1.92 bits per heavy atom. The first-order valence-corrected chi connectivity index (χ1v) is 8.28. The van der Waals surface area contributed by atoms with Gasteiger partial charge >= 0.3 is 6.03 Å². The second kappa shape index (κ2) is 6.68. The number of amides is 4. The van der Waals surface area contributed by atoms with Crippen molar-refractivity contribution in [1.29, 1.82) is 0 Å². The Morgan fingerprint density at radius 3 is 2.50 bits per heavy atom. The van der Waals surface area contributed by atoms with E-state index in [-0.39, 0.29) is 23.8 Å². The molecule has 0 aromatic heterocycles. The number of halogens is 1. The Kier molecular flexibility index (Phi) is 4.62. The van der Waals surface area contributed by atoms with E-state index in [0.29, 0.717) is 55.3 Å². The lowest BCUT2D eigenvalue weighted by molar-refractivity contribution is -0.123. The van der Waals surface area contributed by atoms with Crippen LogP contribution in [-0.2, 0) is 4.79 Å². The Bertz CT molecular complexity index is 686. The molecule has 128 valence electrons. The molecule has 2 saturated heterocycles. The molecular weight excluding hydrogens is 332 g/mol. The summed E-state index contributed by atoms with van der Waals surface area (Å²) in [5, 5.41) is 3.07. The van der Waals surface area contributed by atoms with Crippen molar-refractivity contribution in [2.45, 2.75) is 12.8 Å². The van der Waals surface area contributed by atoms with Gasteiger partial charge in [-0.05, 0) is 31.0 Å². The average molecular weight is 351 g/mol. The molecule has 0 unspecified atom stereocenters. The fourth-order valence-corrected chi connectivity index (χ4v) is 3.30. The number of nitrogens with zero attached hydrogens (tertiary/aromatic N) is 2. The van der Waals surface area contributed by atoms with Gasteiger partial charge in [0.05, 0.1) is 10.6 Å². The number of urea groups is 1. The lowest BCUT2D eigenvalue weighted by atomic mass is 9.96. The summed E-state index contributed by atoms with van der Waals surface area (Å²) in [6.45, 7) is 2.07. The second-order valence-electron chi connectivity index (χ2n) is 6.02. The first kappa shape index (κ1) is 16.6. The van der Waals surface area contributed by atoms with E-state index in [2.05, 4.69) is 5.32 Å². The molecule has 2 aliphatic heterocycles. The molecule has 0 radical (unpaired) electrons. The molecule has 3 N–H and O–H groups in total. The van der Waals surface area contributed by atoms with Crippen LogP contribution in [0.1, 0.15) is 23.2 Å². The Morgan fingerprint density at radius 1 is 1.21 bits per heavy atom. The van der Waals surface area contributed by atoms with Crippen LogP contribution >= 0.6 is 11.6 Å². The minimum Gasteiger partial charge on any atom is -0.369 e. The largest absolute Gasteiger partial charge is 0.369 e. The summed E-state index contributed by atoms with van der Waals surface area (Å²) >= 11 is 6.19. The van der Waals surface area contributed by atoms with Gasteiger partial charge in [-0.25, -0.2) is 4.79 Å². The number of benzene rings is 1. The molecule has 0 aliphatic carbocycles. The van der Waals surface area contributed by atoms with Crippen LogP contribution in [0.5, 0.6) is 0 Å². The van der Waals surface area contributed by atoms with Crippen molar-refractivity contribution in [2.75, 3.05) is 31.1 Å². The van der Waals surface area contributed by atoms with Crippen LogP contribution in [0.4, 0.5) is 10.5 Å². The Balaban J connectivity index is 1.77. The number of piperidine rings is 1. The molecule has 1 aromatic rings. The van der Waals surface area contributed by atoms with Crippen LogP contribution in [0.3, 0.4) is 0 Å². The van der Waals surface area contributed by atoms with Crippen molar-refractivity contribution in [2.24, 2.45) is 11.7 Å². The van der Waals surface area contributed by atoms with Crippen molar-refractivity contribution in [3.05, 3.63) is 28.8 Å². The van der Waals surface area contributed by atoms with E-state index in [4.69, 9.17) is 17.3 Å². The highest BCUT2D eigenvalue weighted by molar-refractivity contribution is 6.34. The minimum absolute atomic E-state index is 0.177. The molecule has 0 spiro atoms. The molecule has 1 aromatic carbocycles. The van der Waals surface area contributed by atoms with Crippen LogP contribution in [0.2, 0.25) is 5.02 Å². The molecule has 0 atom stereocenters. The zero-order valence-corrected chi connectivity index (χ0v) is 13.9. The number of rotatable bonds is 3. The monoisotopic (exact) mass is 350 g/mol. The molecule has 0 bridgehead atoms. The molecule has 7 nitrogen and oxygen atoms in total. The normalized spacial score (nSPS) is 18.6. The first-order chi connectivity index (χ1) is 11.5. The molecule has 2 heterocycles. The zero-order chi connectivity index (χ0) is 17.3. The van der Waals surface area contributed by atoms with Gasteiger partial charge in [-0.1, -0.05) is 11.6 Å². The van der Waals surface area contributed by atoms with Gasteiger partial charge in [0.25, 0.3) is 5.91 Å². The predicted molar refractivity (Wildman–Crippen MR) is 90.0 cm³/mol. The van der Waals surface area contributed by atoms with Gasteiger partial charge in [0.2, 0.25) is 5.91 Å². The Hall–Kier alpha value is -2.28. The molecule has 2 aliphatic rings. The Labute approximate surface area is 144 Å². The molecule has 8 heteroatoms. The standard InChI is InChI=1S/C16H19ClN4O3/c17-13-2-1-11(21-8-5-19-16(21)24)9-12(13)15(23)20-6-3-10(4-7-20)14(18)22/h1-2,9-10H,3-8H2,(H2,18,22)(H,19,24). The maximum atomic E-state index is 12.8. The van der Waals surface area contributed by atoms with Crippen LogP contribution in [0, 0.1) is 5.92 Å². The number of carbonyl (C=O) groups is 3. The van der Waals surface area contributed by atoms with Gasteiger partial charge in [-0.15, -0.1) is 0 Å². The van der Waals surface area contributed by atoms with Crippen molar-refractivity contribution in [3.63, 3.8) is 0 Å². The van der Waals surface area contributed by atoms with Crippen LogP contribution < -0.4 is 16.0 Å². The summed E-state index contributed by atoms with van der Waals surface area (Å²) in [5.41, 5.74) is 6.33. The molecule has 4 amide bonds. The summed E-state index contributed by atoms with van der Waals surface area (Å²) in [6, 6.07) is 4.82. The third kappa shape index (κ3) is 3.17. The molecule has 0 saturated carbocycles. The van der Waals surface area contributed by atoms with Crippen LogP contribution in [0.25, 0.3) is 0 Å². The van der Waals surface area contributed by atoms with Gasteiger partial charge in [0.1, 0.15) is 0 Å². The van der Waals surface area contributed by atoms with Gasteiger partial charge in [-0.3, -0.25) is 14.5 Å². The number of hydrogen-bond acceptors (Lipinski definition) is 3. The van der Waals surface area contributed by atoms with E-state index in [9.17, 15) is 14.4 Å². The zero-order valence-electron chi connectivity index (χ0n) is 13.1. The first-order valence-electron chi connectivity index (χ1n) is 7.91. The third-order valence-electron chi connectivity index (χ3n) is 4.53. The maximum absolute atomic E-state index is 12.8. The number of hydrogen-bond donors (Lipinski definition) is 2. The van der Waals surface area contributed by atoms with Crippen molar-refractivity contribution in [1.82, 2.24) is 10.2 Å². The quantitative estimate of drug-likeness (QED) is 0.857. The fraction of sp³-hybridized carbons (Fsp3) is 0.438. The minimum atomic E-state index is -0.317. The third-order valence-corrected chi connectivity index (χ3v) is 4.86. The molecule has 24 heavy (non-hydrogen) atoms. The summed E-state index contributed by atoms with van der Waals surface area (Å²) in [5.74, 6) is -0.685. The number of carbonyl (C=O) groups excluding carboxylic acids is 3. The van der Waals surface area contributed by atoms with Crippen LogP contribution in [0.15, 0.2) is 18.2 Å². The summed E-state index contributed by atoms with van der Waals surface area (Å²) in [6.07, 6.45) is 1.12. The molecule has 3 rings (SSSR count). The van der Waals surface area contributed by atoms with E-state index in [1.165, 1.54) is 0 Å². The SMILES string of the molecule is NC(=O)C1CCN(C(=O)c2cc(N3CCNC3=O)ccc2Cl)CC1. The number of primary amides is 1. The topological polar surface area (TPSA) is 95.7 Å². The lowest BCUT2D eigenvalue weighted by Crippen LogP contribution is -2.41. The number of nitrogens with one attached hydrogen (secondary N) is 1. The van der Waals surface area contributed by atoms with Gasteiger partial charge in [0, 0.05) is 37.8 Å². The van der Waals surface area contributed by atoms with Crippen molar-refractivity contribution < 1.29 is 14.4 Å².